The van der Waals surface area contributed by atoms with Gasteiger partial charge in [-0.2, -0.15) is 0 Å². The first kappa shape index (κ1) is 143. The number of hydrogen-bond donors (Lipinski definition) is 0. The van der Waals surface area contributed by atoms with Crippen molar-refractivity contribution in [2.75, 3.05) is 0 Å². The van der Waals surface area contributed by atoms with Crippen LogP contribution in [-0.4, -0.2) is 0 Å². The van der Waals surface area contributed by atoms with E-state index < -0.39 is 0 Å². The highest BCUT2D eigenvalue weighted by atomic mass is 14.2. The van der Waals surface area contributed by atoms with E-state index in [2.05, 4.69) is 364 Å². The van der Waals surface area contributed by atoms with Gasteiger partial charge in [0.15, 0.2) is 0 Å². The standard InChI is InChI=1S/2C24H18.2C18H14.22C2H6/c1-3-11-19(12-4-1)21-15-7-9-17-23(21)24-18-10-8-16-22(24)20-13-5-2-6-14-20;1-3-9-19(10-4-1)21-13-7-15-23(17-21)24-16-8-14-22(18-24)20-11-5-2-6-12-20;1-3-8-15(9-4-1)17-12-7-13-18(14-17)16-10-5-2-6-11-16;1-3-7-15(8-4-1)17-11-13-18(14-12-17)16-9-5-2-6-10-16;22*1-2/h2*1-18H;2*1-14H;22*1-2H3. The molecule has 0 saturated heterocycles. The van der Waals surface area contributed by atoms with Crippen LogP contribution in [0.25, 0.3) is 111 Å². The van der Waals surface area contributed by atoms with Crippen molar-refractivity contribution in [3.05, 3.63) is 388 Å². The lowest BCUT2D eigenvalue weighted by Crippen LogP contribution is -1.88. The molecule has 0 aliphatic carbocycles. The molecule has 0 saturated carbocycles. The zero-order valence-electron chi connectivity index (χ0n) is 91.0. The molecule has 0 spiro atoms. The van der Waals surface area contributed by atoms with Crippen molar-refractivity contribution in [1.82, 2.24) is 0 Å². The molecule has 0 radical (unpaired) electrons. The predicted molar refractivity (Wildman–Crippen MR) is 610 cm³/mol. The Kier molecular flexibility index (Phi) is 134. The summed E-state index contributed by atoms with van der Waals surface area (Å²) < 4.78 is 0. The van der Waals surface area contributed by atoms with E-state index >= 15 is 0 Å². The predicted octanol–water partition coefficient (Wildman–Crippen LogP) is 46.0. The Morgan fingerprint density at radius 1 is 0.0703 bits per heavy atom. The van der Waals surface area contributed by atoms with Crippen LogP contribution in [0.4, 0.5) is 0 Å². The molecular formula is C128H196. The molecule has 0 atom stereocenters. The highest BCUT2D eigenvalue weighted by Crippen LogP contribution is 2.38. The molecule has 0 aliphatic rings. The topological polar surface area (TPSA) is 0 Å². The zero-order chi connectivity index (χ0) is 101. The third-order valence-electron chi connectivity index (χ3n) is 14.8. The SMILES string of the molecule is CC.CC.CC.CC.CC.CC.CC.CC.CC.CC.CC.CC.CC.CC.CC.CC.CC.CC.CC.CC.CC.CC.c1ccc(-c2ccc(-c3ccccc3)cc2)cc1.c1ccc(-c2cccc(-c3cccc(-c4ccccc4)c3)c2)cc1.c1ccc(-c2cccc(-c3ccccc3)c2)cc1.c1ccc(-c2ccccc2-c2ccccc2-c2ccccc2)cc1. The maximum atomic E-state index is 2.26. The molecule has 0 aliphatic heterocycles. The fourth-order valence-electron chi connectivity index (χ4n) is 10.4. The van der Waals surface area contributed by atoms with E-state index in [0.717, 1.165) is 0 Å². The zero-order valence-corrected chi connectivity index (χ0v) is 91.0. The van der Waals surface area contributed by atoms with E-state index in [1.54, 1.807) is 0 Å². The summed E-state index contributed by atoms with van der Waals surface area (Å²) in [6.45, 7) is 88.0. The van der Waals surface area contributed by atoms with Gasteiger partial charge in [-0.1, -0.05) is 675 Å². The summed E-state index contributed by atoms with van der Waals surface area (Å²) in [7, 11) is 0. The largest absolute Gasteiger partial charge is 0.0683 e. The van der Waals surface area contributed by atoms with Crippen molar-refractivity contribution in [3.8, 4) is 111 Å². The molecule has 14 rings (SSSR count). The Morgan fingerprint density at radius 3 is 0.312 bits per heavy atom. The van der Waals surface area contributed by atoms with Crippen LogP contribution in [-0.2, 0) is 0 Å². The first-order valence-electron chi connectivity index (χ1n) is 50.7. The summed E-state index contributed by atoms with van der Waals surface area (Å²) >= 11 is 0. The average molecular weight is 1730 g/mol. The van der Waals surface area contributed by atoms with E-state index in [1.165, 1.54) is 111 Å². The molecule has 0 nitrogen and oxygen atoms in total. The fraction of sp³-hybridized carbons (Fsp3) is 0.344. The van der Waals surface area contributed by atoms with Crippen LogP contribution in [0.2, 0.25) is 0 Å². The minimum atomic E-state index is 1.24. The highest BCUT2D eigenvalue weighted by molar-refractivity contribution is 5.91. The Bertz CT molecular complexity index is 3940. The Balaban J connectivity index is -0.000000123. The van der Waals surface area contributed by atoms with Crippen molar-refractivity contribution in [3.63, 3.8) is 0 Å². The lowest BCUT2D eigenvalue weighted by molar-refractivity contribution is 1.50. The second kappa shape index (κ2) is 120. The van der Waals surface area contributed by atoms with Gasteiger partial charge in [0.2, 0.25) is 0 Å². The summed E-state index contributed by atoms with van der Waals surface area (Å²) in [6.07, 6.45) is 0. The molecule has 708 valence electrons. The molecule has 0 amide bonds. The van der Waals surface area contributed by atoms with Gasteiger partial charge in [0.25, 0.3) is 0 Å². The van der Waals surface area contributed by atoms with Crippen LogP contribution in [0.1, 0.15) is 305 Å². The Morgan fingerprint density at radius 2 is 0.164 bits per heavy atom. The molecule has 128 heavy (non-hydrogen) atoms. The van der Waals surface area contributed by atoms with Crippen molar-refractivity contribution < 1.29 is 0 Å². The molecule has 0 aromatic heterocycles. The molecule has 0 bridgehead atoms. The van der Waals surface area contributed by atoms with E-state index in [0.29, 0.717) is 0 Å². The number of hydrogen-bond acceptors (Lipinski definition) is 0. The molecule has 0 heterocycles. The molecule has 0 unspecified atom stereocenters. The minimum absolute atomic E-state index is 1.24. The van der Waals surface area contributed by atoms with Gasteiger partial charge in [-0.3, -0.25) is 0 Å². The lowest BCUT2D eigenvalue weighted by Gasteiger charge is -2.14. The first-order valence-corrected chi connectivity index (χ1v) is 50.7. The molecule has 0 fully saturated rings. The van der Waals surface area contributed by atoms with E-state index in [9.17, 15) is 0 Å². The lowest BCUT2D eigenvalue weighted by atomic mass is 9.89. The van der Waals surface area contributed by atoms with Crippen LogP contribution in [0.15, 0.2) is 388 Å². The van der Waals surface area contributed by atoms with E-state index in [4.69, 9.17) is 0 Å². The monoisotopic (exact) mass is 1730 g/mol. The number of benzene rings is 14. The maximum Gasteiger partial charge on any atom is -0.00992 e. The van der Waals surface area contributed by atoms with Gasteiger partial charge in [0.05, 0.1) is 0 Å². The summed E-state index contributed by atoms with van der Waals surface area (Å²) in [5.74, 6) is 0. The normalized spacial score (nSPS) is 7.84. The van der Waals surface area contributed by atoms with Gasteiger partial charge >= 0.3 is 0 Å². The Hall–Kier alpha value is -10.9. The summed E-state index contributed by atoms with van der Waals surface area (Å²) in [6, 6.07) is 136. The molecule has 14 aromatic carbocycles. The Labute approximate surface area is 798 Å². The molecule has 14 aromatic rings. The van der Waals surface area contributed by atoms with Gasteiger partial charge in [-0.15, -0.1) is 0 Å². The second-order valence-corrected chi connectivity index (χ2v) is 20.3. The van der Waals surface area contributed by atoms with Gasteiger partial charge in [-0.25, -0.2) is 0 Å². The van der Waals surface area contributed by atoms with Crippen LogP contribution in [0.3, 0.4) is 0 Å². The molecule has 0 N–H and O–H groups in total. The second-order valence-electron chi connectivity index (χ2n) is 20.3. The van der Waals surface area contributed by atoms with Crippen molar-refractivity contribution in [1.29, 1.82) is 0 Å². The fourth-order valence-corrected chi connectivity index (χ4v) is 10.4. The summed E-state index contributed by atoms with van der Waals surface area (Å²) in [4.78, 5) is 0. The van der Waals surface area contributed by atoms with Crippen LogP contribution < -0.4 is 0 Å². The summed E-state index contributed by atoms with van der Waals surface area (Å²) in [5, 5.41) is 0. The van der Waals surface area contributed by atoms with Gasteiger partial charge in [-0.05, 0) is 129 Å². The van der Waals surface area contributed by atoms with Gasteiger partial charge < -0.3 is 0 Å². The van der Waals surface area contributed by atoms with Crippen molar-refractivity contribution >= 4 is 0 Å². The summed E-state index contributed by atoms with van der Waals surface area (Å²) in [5.41, 5.74) is 25.1. The van der Waals surface area contributed by atoms with E-state index in [-0.39, 0.29) is 0 Å². The third-order valence-corrected chi connectivity index (χ3v) is 14.8. The third kappa shape index (κ3) is 62.3. The van der Waals surface area contributed by atoms with Crippen LogP contribution >= 0.6 is 0 Å². The van der Waals surface area contributed by atoms with Gasteiger partial charge in [0, 0.05) is 0 Å². The minimum Gasteiger partial charge on any atom is -0.0683 e. The van der Waals surface area contributed by atoms with E-state index in [1.807, 2.05) is 329 Å². The smallest absolute Gasteiger partial charge is 0.00992 e. The van der Waals surface area contributed by atoms with Crippen LogP contribution in [0.5, 0.6) is 0 Å². The van der Waals surface area contributed by atoms with Crippen molar-refractivity contribution in [2.45, 2.75) is 305 Å². The quantitative estimate of drug-likeness (QED) is 0.128. The van der Waals surface area contributed by atoms with Gasteiger partial charge in [0.1, 0.15) is 0 Å². The first-order chi connectivity index (χ1) is 63.7. The number of rotatable bonds is 10. The van der Waals surface area contributed by atoms with Crippen LogP contribution in [0, 0.1) is 0 Å². The molecular weight excluding hydrogens is 1540 g/mol. The maximum absolute atomic E-state index is 2.26. The molecule has 0 heteroatoms. The highest BCUT2D eigenvalue weighted by Gasteiger charge is 2.12. The van der Waals surface area contributed by atoms with Crippen molar-refractivity contribution in [2.24, 2.45) is 0 Å². The average Bonchev–Trinajstić information content (AvgIpc) is 0.792.